The predicted octanol–water partition coefficient (Wildman–Crippen LogP) is 2.48. The molecule has 0 radical (unpaired) electrons. The Bertz CT molecular complexity index is 712. The van der Waals surface area contributed by atoms with Gasteiger partial charge < -0.3 is 0 Å². The summed E-state index contributed by atoms with van der Waals surface area (Å²) < 4.78 is 26.8. The monoisotopic (exact) mass is 290 g/mol. The molecule has 0 aliphatic rings. The van der Waals surface area contributed by atoms with Crippen LogP contribution < -0.4 is 4.72 Å². The molecule has 0 saturated heterocycles. The van der Waals surface area contributed by atoms with Crippen LogP contribution in [0.1, 0.15) is 23.7 Å². The number of hydrogen-bond acceptors (Lipinski definition) is 4. The van der Waals surface area contributed by atoms with Crippen molar-refractivity contribution >= 4 is 21.6 Å². The first-order valence-electron chi connectivity index (χ1n) is 6.10. The number of nitrogens with one attached hydrogen (secondary N) is 1. The summed E-state index contributed by atoms with van der Waals surface area (Å²) in [5.74, 6) is 0.139. The van der Waals surface area contributed by atoms with Crippen LogP contribution in [0.2, 0.25) is 0 Å². The van der Waals surface area contributed by atoms with Crippen LogP contribution in [0.3, 0.4) is 0 Å². The van der Waals surface area contributed by atoms with Gasteiger partial charge in [0.25, 0.3) is 10.0 Å². The van der Waals surface area contributed by atoms with Crippen LogP contribution in [0.15, 0.2) is 53.6 Å². The minimum absolute atomic E-state index is 0.0439. The second kappa shape index (κ2) is 5.83. The van der Waals surface area contributed by atoms with Crippen molar-refractivity contribution in [3.8, 4) is 0 Å². The molecule has 2 rings (SSSR count). The summed E-state index contributed by atoms with van der Waals surface area (Å²) in [7, 11) is -3.74. The van der Waals surface area contributed by atoms with Crippen molar-refractivity contribution in [3.63, 3.8) is 0 Å². The Balaban J connectivity index is 2.33. The van der Waals surface area contributed by atoms with Crippen molar-refractivity contribution in [3.05, 3.63) is 54.2 Å². The molecule has 0 aliphatic heterocycles. The molecule has 20 heavy (non-hydrogen) atoms. The lowest BCUT2D eigenvalue weighted by Crippen LogP contribution is -2.14. The van der Waals surface area contributed by atoms with Crippen molar-refractivity contribution in [1.82, 2.24) is 4.98 Å². The smallest absolute Gasteiger partial charge is 0.263 e. The van der Waals surface area contributed by atoms with Crippen molar-refractivity contribution in [1.29, 1.82) is 0 Å². The zero-order valence-corrected chi connectivity index (χ0v) is 11.7. The molecule has 1 N–H and O–H groups in total. The first kappa shape index (κ1) is 14.2. The Morgan fingerprint density at radius 3 is 2.65 bits per heavy atom. The lowest BCUT2D eigenvalue weighted by Gasteiger charge is -2.08. The van der Waals surface area contributed by atoms with E-state index < -0.39 is 10.0 Å². The molecule has 1 aromatic carbocycles. The largest absolute Gasteiger partial charge is 0.294 e. The molecule has 104 valence electrons. The fourth-order valence-electron chi connectivity index (χ4n) is 1.66. The van der Waals surface area contributed by atoms with E-state index in [4.69, 9.17) is 0 Å². The third-order valence-electron chi connectivity index (χ3n) is 2.69. The van der Waals surface area contributed by atoms with Gasteiger partial charge in [0.15, 0.2) is 5.78 Å². The summed E-state index contributed by atoms with van der Waals surface area (Å²) in [5.41, 5.74) is 0.386. The van der Waals surface area contributed by atoms with Gasteiger partial charge in [-0.25, -0.2) is 13.4 Å². The Hall–Kier alpha value is -2.21. The van der Waals surface area contributed by atoms with Gasteiger partial charge in [-0.15, -0.1) is 0 Å². The summed E-state index contributed by atoms with van der Waals surface area (Å²) >= 11 is 0. The quantitative estimate of drug-likeness (QED) is 0.858. The van der Waals surface area contributed by atoms with Gasteiger partial charge in [0.05, 0.1) is 4.90 Å². The molecule has 0 fully saturated rings. The van der Waals surface area contributed by atoms with E-state index in [9.17, 15) is 13.2 Å². The molecule has 0 unspecified atom stereocenters. The van der Waals surface area contributed by atoms with Crippen molar-refractivity contribution in [2.45, 2.75) is 18.2 Å². The lowest BCUT2D eigenvalue weighted by molar-refractivity contribution is 0.0988. The summed E-state index contributed by atoms with van der Waals surface area (Å²) in [6, 6.07) is 10.9. The molecule has 0 atom stereocenters. The second-order valence-electron chi connectivity index (χ2n) is 4.13. The zero-order chi connectivity index (χ0) is 14.6. The maximum atomic E-state index is 12.2. The average molecular weight is 290 g/mol. The van der Waals surface area contributed by atoms with Gasteiger partial charge in [-0.2, -0.15) is 0 Å². The number of pyridine rings is 1. The number of benzene rings is 1. The summed E-state index contributed by atoms with van der Waals surface area (Å²) in [6.45, 7) is 1.73. The molecule has 0 spiro atoms. The van der Waals surface area contributed by atoms with E-state index in [1.165, 1.54) is 18.3 Å². The minimum atomic E-state index is -3.74. The Morgan fingerprint density at radius 1 is 1.20 bits per heavy atom. The van der Waals surface area contributed by atoms with Gasteiger partial charge in [0.2, 0.25) is 0 Å². The van der Waals surface area contributed by atoms with Gasteiger partial charge in [-0.05, 0) is 24.3 Å². The number of nitrogens with zero attached hydrogens (tertiary/aromatic N) is 1. The third kappa shape index (κ3) is 3.21. The van der Waals surface area contributed by atoms with Crippen LogP contribution in [-0.2, 0) is 10.0 Å². The zero-order valence-electron chi connectivity index (χ0n) is 10.9. The molecule has 5 nitrogen and oxygen atoms in total. The molecule has 0 aliphatic carbocycles. The third-order valence-corrected chi connectivity index (χ3v) is 4.04. The molecular formula is C14H14N2O3S. The lowest BCUT2D eigenvalue weighted by atomic mass is 10.1. The highest BCUT2D eigenvalue weighted by Gasteiger charge is 2.16. The topological polar surface area (TPSA) is 76.1 Å². The molecule has 6 heteroatoms. The Kier molecular flexibility index (Phi) is 4.14. The number of carbonyl (C=O) groups excluding carboxylic acids is 1. The normalized spacial score (nSPS) is 11.1. The van der Waals surface area contributed by atoms with Gasteiger partial charge in [-0.1, -0.05) is 25.1 Å². The van der Waals surface area contributed by atoms with Crippen molar-refractivity contribution in [2.75, 3.05) is 4.72 Å². The van der Waals surface area contributed by atoms with Gasteiger partial charge in [0, 0.05) is 18.2 Å². The maximum absolute atomic E-state index is 12.2. The number of hydrogen-bond donors (Lipinski definition) is 1. The average Bonchev–Trinajstić information content (AvgIpc) is 2.47. The number of Topliss-reactive ketones (excluding diaryl/α,β-unsaturated/α-hetero) is 1. The van der Waals surface area contributed by atoms with Gasteiger partial charge >= 0.3 is 0 Å². The van der Waals surface area contributed by atoms with E-state index in [-0.39, 0.29) is 16.5 Å². The van der Waals surface area contributed by atoms with Crippen molar-refractivity contribution < 1.29 is 13.2 Å². The fourth-order valence-corrected chi connectivity index (χ4v) is 2.71. The molecular weight excluding hydrogens is 276 g/mol. The Labute approximate surface area is 117 Å². The van der Waals surface area contributed by atoms with Crippen LogP contribution >= 0.6 is 0 Å². The van der Waals surface area contributed by atoms with E-state index >= 15 is 0 Å². The van der Waals surface area contributed by atoms with Crippen LogP contribution in [-0.4, -0.2) is 19.2 Å². The summed E-state index contributed by atoms with van der Waals surface area (Å²) in [5, 5.41) is 0. The van der Waals surface area contributed by atoms with Gasteiger partial charge in [-0.3, -0.25) is 9.52 Å². The first-order chi connectivity index (χ1) is 9.53. The summed E-state index contributed by atoms with van der Waals surface area (Å²) in [6.07, 6.45) is 1.83. The second-order valence-corrected chi connectivity index (χ2v) is 5.81. The predicted molar refractivity (Wildman–Crippen MR) is 76.1 cm³/mol. The number of rotatable bonds is 5. The highest BCUT2D eigenvalue weighted by Crippen LogP contribution is 2.16. The van der Waals surface area contributed by atoms with Gasteiger partial charge in [0.1, 0.15) is 5.82 Å². The van der Waals surface area contributed by atoms with Crippen LogP contribution in [0.25, 0.3) is 0 Å². The molecule has 0 bridgehead atoms. The van der Waals surface area contributed by atoms with E-state index in [2.05, 4.69) is 9.71 Å². The minimum Gasteiger partial charge on any atom is -0.294 e. The summed E-state index contributed by atoms with van der Waals surface area (Å²) in [4.78, 5) is 15.6. The van der Waals surface area contributed by atoms with Crippen LogP contribution in [0.4, 0.5) is 5.82 Å². The van der Waals surface area contributed by atoms with Crippen LogP contribution in [0.5, 0.6) is 0 Å². The highest BCUT2D eigenvalue weighted by atomic mass is 32.2. The fraction of sp³-hybridized carbons (Fsp3) is 0.143. The standard InChI is InChI=1S/C14H14N2O3S/c1-2-13(17)11-6-5-7-12(10-11)20(18,19)16-14-8-3-4-9-15-14/h3-10H,2H2,1H3,(H,15,16). The van der Waals surface area contributed by atoms with E-state index in [0.717, 1.165) is 0 Å². The molecule has 1 heterocycles. The van der Waals surface area contributed by atoms with E-state index in [1.54, 1.807) is 37.3 Å². The van der Waals surface area contributed by atoms with E-state index in [1.807, 2.05) is 0 Å². The molecule has 0 saturated carbocycles. The highest BCUT2D eigenvalue weighted by molar-refractivity contribution is 7.92. The van der Waals surface area contributed by atoms with E-state index in [0.29, 0.717) is 12.0 Å². The number of anilines is 1. The molecule has 0 amide bonds. The Morgan fingerprint density at radius 2 is 2.00 bits per heavy atom. The van der Waals surface area contributed by atoms with Crippen molar-refractivity contribution in [2.24, 2.45) is 0 Å². The molecule has 2 aromatic rings. The first-order valence-corrected chi connectivity index (χ1v) is 7.58. The SMILES string of the molecule is CCC(=O)c1cccc(S(=O)(=O)Nc2ccccn2)c1. The number of carbonyl (C=O) groups is 1. The maximum Gasteiger partial charge on any atom is 0.263 e. The number of ketones is 1. The number of sulfonamides is 1. The van der Waals surface area contributed by atoms with Crippen LogP contribution in [0, 0.1) is 0 Å². The number of aromatic nitrogens is 1. The molecule has 1 aromatic heterocycles.